The Hall–Kier alpha value is -3.57. The number of tetrazole rings is 3. The summed E-state index contributed by atoms with van der Waals surface area (Å²) in [5.74, 6) is 1.77. The van der Waals surface area contributed by atoms with Crippen LogP contribution in [0.15, 0.2) is 30.3 Å². The number of nitrogens with zero attached hydrogens (tertiary/aromatic N) is 11. The van der Waals surface area contributed by atoms with Gasteiger partial charge in [0.2, 0.25) is 5.82 Å². The maximum absolute atomic E-state index is 4.36. The zero-order chi connectivity index (χ0) is 16.2. The summed E-state index contributed by atoms with van der Waals surface area (Å²) in [5, 5.41) is 37.8. The molecule has 12 heteroatoms. The third-order valence-electron chi connectivity index (χ3n) is 3.31. The van der Waals surface area contributed by atoms with Crippen molar-refractivity contribution in [1.29, 1.82) is 0 Å². The minimum absolute atomic E-state index is 0.346. The lowest BCUT2D eigenvalue weighted by Crippen LogP contribution is -2.12. The molecule has 0 aliphatic rings. The minimum Gasteiger partial charge on any atom is -0.222 e. The fourth-order valence-corrected chi connectivity index (χ4v) is 2.15. The molecule has 120 valence electrons. The van der Waals surface area contributed by atoms with E-state index in [4.69, 9.17) is 0 Å². The molecule has 0 amide bonds. The Labute approximate surface area is 134 Å². The summed E-state index contributed by atoms with van der Waals surface area (Å²) in [5.41, 5.74) is 0.922. The molecule has 1 aromatic carbocycles. The standard InChI is InChI=1S/C12H12N12/c1-2-4-9(5-3-1)12-16-21-24(17-12)7-6-11-15-20-22-23(11)8-10-13-18-19-14-10/h1-5H,6-8H2,(H,13,14,18,19). The smallest absolute Gasteiger partial charge is 0.204 e. The van der Waals surface area contributed by atoms with E-state index in [-0.39, 0.29) is 0 Å². The van der Waals surface area contributed by atoms with Crippen LogP contribution < -0.4 is 0 Å². The maximum Gasteiger partial charge on any atom is 0.204 e. The van der Waals surface area contributed by atoms with Crippen LogP contribution in [-0.4, -0.2) is 61.0 Å². The van der Waals surface area contributed by atoms with Crippen LogP contribution in [0.3, 0.4) is 0 Å². The molecule has 3 aromatic heterocycles. The van der Waals surface area contributed by atoms with Crippen molar-refractivity contribution in [2.24, 2.45) is 0 Å². The first-order valence-corrected chi connectivity index (χ1v) is 7.19. The molecule has 0 spiro atoms. The predicted molar refractivity (Wildman–Crippen MR) is 78.1 cm³/mol. The molecule has 4 rings (SSSR count). The highest BCUT2D eigenvalue weighted by Crippen LogP contribution is 2.11. The van der Waals surface area contributed by atoms with Crippen LogP contribution in [0.1, 0.15) is 11.6 Å². The summed E-state index contributed by atoms with van der Waals surface area (Å²) >= 11 is 0. The summed E-state index contributed by atoms with van der Waals surface area (Å²) in [6.07, 6.45) is 0.551. The van der Waals surface area contributed by atoms with Crippen LogP contribution in [0.2, 0.25) is 0 Å². The van der Waals surface area contributed by atoms with Crippen LogP contribution in [-0.2, 0) is 19.5 Å². The number of rotatable bonds is 6. The number of aromatic amines is 1. The number of aryl methyl sites for hydroxylation is 2. The van der Waals surface area contributed by atoms with Crippen molar-refractivity contribution < 1.29 is 0 Å². The van der Waals surface area contributed by atoms with Crippen LogP contribution in [0, 0.1) is 0 Å². The van der Waals surface area contributed by atoms with Crippen LogP contribution in [0.4, 0.5) is 0 Å². The van der Waals surface area contributed by atoms with E-state index in [0.29, 0.717) is 37.0 Å². The largest absolute Gasteiger partial charge is 0.222 e. The lowest BCUT2D eigenvalue weighted by atomic mass is 10.2. The Bertz CT molecular complexity index is 893. The van der Waals surface area contributed by atoms with Crippen molar-refractivity contribution in [1.82, 2.24) is 61.0 Å². The molecule has 0 aliphatic heterocycles. The zero-order valence-electron chi connectivity index (χ0n) is 12.4. The van der Waals surface area contributed by atoms with Gasteiger partial charge in [0.25, 0.3) is 0 Å². The number of hydrogen-bond donors (Lipinski definition) is 1. The van der Waals surface area contributed by atoms with Gasteiger partial charge in [-0.15, -0.1) is 25.5 Å². The molecule has 0 atom stereocenters. The minimum atomic E-state index is 0.346. The van der Waals surface area contributed by atoms with Gasteiger partial charge in [0.05, 0.1) is 6.54 Å². The van der Waals surface area contributed by atoms with Gasteiger partial charge >= 0.3 is 0 Å². The Balaban J connectivity index is 1.43. The second-order valence-corrected chi connectivity index (χ2v) is 4.91. The first kappa shape index (κ1) is 14.0. The highest BCUT2D eigenvalue weighted by atomic mass is 15.6. The molecule has 4 aromatic rings. The van der Waals surface area contributed by atoms with Gasteiger partial charge in [-0.2, -0.15) is 10.0 Å². The molecule has 3 heterocycles. The summed E-state index contributed by atoms with van der Waals surface area (Å²) in [7, 11) is 0. The number of benzene rings is 1. The van der Waals surface area contributed by atoms with E-state index >= 15 is 0 Å². The number of aromatic nitrogens is 12. The second kappa shape index (κ2) is 6.28. The molecule has 0 bridgehead atoms. The first-order chi connectivity index (χ1) is 11.9. The summed E-state index contributed by atoms with van der Waals surface area (Å²) < 4.78 is 1.61. The maximum atomic E-state index is 4.36. The van der Waals surface area contributed by atoms with Gasteiger partial charge in [-0.25, -0.2) is 4.68 Å². The number of nitrogens with one attached hydrogen (secondary N) is 1. The fourth-order valence-electron chi connectivity index (χ4n) is 2.15. The number of H-pyrrole nitrogens is 1. The van der Waals surface area contributed by atoms with Gasteiger partial charge in [-0.3, -0.25) is 0 Å². The summed E-state index contributed by atoms with van der Waals surface area (Å²) in [6.45, 7) is 0.853. The molecule has 0 saturated heterocycles. The Kier molecular flexibility index (Phi) is 3.67. The normalized spacial score (nSPS) is 11.0. The summed E-state index contributed by atoms with van der Waals surface area (Å²) in [4.78, 5) is 1.52. The van der Waals surface area contributed by atoms with Crippen LogP contribution in [0.25, 0.3) is 11.4 Å². The van der Waals surface area contributed by atoms with E-state index in [1.165, 1.54) is 4.80 Å². The lowest BCUT2D eigenvalue weighted by Gasteiger charge is -2.01. The lowest BCUT2D eigenvalue weighted by molar-refractivity contribution is 0.498. The van der Waals surface area contributed by atoms with E-state index in [1.54, 1.807) is 4.68 Å². The van der Waals surface area contributed by atoms with Gasteiger partial charge in [0.15, 0.2) is 11.6 Å². The Morgan fingerprint density at radius 1 is 1.00 bits per heavy atom. The second-order valence-electron chi connectivity index (χ2n) is 4.91. The average Bonchev–Trinajstić information content (AvgIpc) is 3.37. The predicted octanol–water partition coefficient (Wildman–Crippen LogP) is -0.869. The third kappa shape index (κ3) is 2.97. The molecule has 0 fully saturated rings. The third-order valence-corrected chi connectivity index (χ3v) is 3.31. The van der Waals surface area contributed by atoms with Crippen LogP contribution >= 0.6 is 0 Å². The SMILES string of the molecule is c1ccc(-c2nnn(CCc3nnnn3Cc3nn[nH]n3)n2)cc1. The van der Waals surface area contributed by atoms with E-state index in [0.717, 1.165) is 5.56 Å². The van der Waals surface area contributed by atoms with E-state index < -0.39 is 0 Å². The zero-order valence-corrected chi connectivity index (χ0v) is 12.4. The molecule has 0 aliphatic carbocycles. The van der Waals surface area contributed by atoms with Gasteiger partial charge in [0.1, 0.15) is 6.54 Å². The highest BCUT2D eigenvalue weighted by Gasteiger charge is 2.11. The fraction of sp³-hybridized carbons (Fsp3) is 0.250. The average molecular weight is 324 g/mol. The van der Waals surface area contributed by atoms with Crippen molar-refractivity contribution in [3.8, 4) is 11.4 Å². The van der Waals surface area contributed by atoms with Gasteiger partial charge in [-0.05, 0) is 15.6 Å². The quantitative estimate of drug-likeness (QED) is 0.479. The molecular formula is C12H12N12. The van der Waals surface area contributed by atoms with E-state index in [2.05, 4.69) is 51.6 Å². The topological polar surface area (TPSA) is 142 Å². The molecule has 24 heavy (non-hydrogen) atoms. The molecule has 0 radical (unpaired) electrons. The van der Waals surface area contributed by atoms with E-state index in [9.17, 15) is 0 Å². The molecule has 1 N–H and O–H groups in total. The monoisotopic (exact) mass is 324 g/mol. The van der Waals surface area contributed by atoms with Crippen molar-refractivity contribution >= 4 is 0 Å². The van der Waals surface area contributed by atoms with Gasteiger partial charge in [0, 0.05) is 12.0 Å². The van der Waals surface area contributed by atoms with Crippen LogP contribution in [0.5, 0.6) is 0 Å². The molecule has 12 nitrogen and oxygen atoms in total. The Morgan fingerprint density at radius 3 is 2.75 bits per heavy atom. The van der Waals surface area contributed by atoms with E-state index in [1.807, 2.05) is 30.3 Å². The molecule has 0 unspecified atom stereocenters. The summed E-state index contributed by atoms with van der Waals surface area (Å²) in [6, 6.07) is 9.68. The van der Waals surface area contributed by atoms with Crippen molar-refractivity contribution in [3.05, 3.63) is 42.0 Å². The van der Waals surface area contributed by atoms with Crippen molar-refractivity contribution in [2.75, 3.05) is 0 Å². The highest BCUT2D eigenvalue weighted by molar-refractivity contribution is 5.52. The van der Waals surface area contributed by atoms with Crippen molar-refractivity contribution in [2.45, 2.75) is 19.5 Å². The number of hydrogen-bond acceptors (Lipinski definition) is 9. The van der Waals surface area contributed by atoms with Gasteiger partial charge < -0.3 is 0 Å². The van der Waals surface area contributed by atoms with Gasteiger partial charge in [-0.1, -0.05) is 35.5 Å². The molecule has 0 saturated carbocycles. The molecular weight excluding hydrogens is 312 g/mol. The van der Waals surface area contributed by atoms with Crippen molar-refractivity contribution in [3.63, 3.8) is 0 Å². The first-order valence-electron chi connectivity index (χ1n) is 7.19. The Morgan fingerprint density at radius 2 is 1.92 bits per heavy atom.